The standard InChI is InChI=1S/C29H24ClN5O3.C29H23ClN4O4/c1-16-3-2-4-21-24(36)11-23-27(26(16)21)18(12-30)13-35(23)29(38)22-15-34-14-20(9-10-25(34)33-22)32-28(37)17-5-7-19(31)8-6-17;1-16-3-2-4-21-24(36)11-23-27(26(16)21)18(12-30)13-34(23)29(38)22-15-33-14-19(7-10-25(33)32-22)31-28(37)17-5-8-20(35)9-6-17/h2-11,14-15,18,36H,12-13,31H2,1H3,(H,32,37);2-11,14-15,18,35-36H,12-13H2,1H3,(H,31,37)/t2*18-/m11/s1. The number of nitrogens with zero attached hydrogens (tertiary/aromatic N) is 6. The number of rotatable bonds is 8. The van der Waals surface area contributed by atoms with Crippen LogP contribution in [-0.2, 0) is 0 Å². The maximum atomic E-state index is 13.7. The number of aryl methyl sites for hydroxylation is 2. The lowest BCUT2D eigenvalue weighted by molar-refractivity contribution is 0.0976. The summed E-state index contributed by atoms with van der Waals surface area (Å²) >= 11 is 12.7. The molecule has 6 heterocycles. The number of alkyl halides is 2. The van der Waals surface area contributed by atoms with E-state index in [1.165, 1.54) is 24.3 Å². The minimum Gasteiger partial charge on any atom is -0.508 e. The minimum atomic E-state index is -0.330. The van der Waals surface area contributed by atoms with Gasteiger partial charge in [0.2, 0.25) is 0 Å². The largest absolute Gasteiger partial charge is 0.508 e. The third-order valence-electron chi connectivity index (χ3n) is 14.0. The van der Waals surface area contributed by atoms with E-state index >= 15 is 0 Å². The number of aromatic hydroxyl groups is 3. The third-order valence-corrected chi connectivity index (χ3v) is 14.7. The Morgan fingerprint density at radius 3 is 1.42 bits per heavy atom. The monoisotopic (exact) mass is 1050 g/mol. The van der Waals surface area contributed by atoms with Gasteiger partial charge in [0.25, 0.3) is 23.6 Å². The van der Waals surface area contributed by atoms with Gasteiger partial charge in [-0.25, -0.2) is 9.97 Å². The van der Waals surface area contributed by atoms with Crippen LogP contribution in [0.1, 0.15) is 75.8 Å². The summed E-state index contributed by atoms with van der Waals surface area (Å²) in [5.74, 6) is -0.375. The molecule has 18 heteroatoms. The molecule has 4 amide bonds. The SMILES string of the molecule is Cc1cccc2c(O)cc3c(c12)[C@H](CCl)CN3C(=O)c1cn2cc(NC(=O)c3ccc(N)cc3)ccc2n1.Cc1cccc2c(O)cc3c(c12)[C@H](CCl)CN3C(=O)c1cn2cc(NC(=O)c3ccc(O)cc3)ccc2n1. The number of phenolic OH excluding ortho intramolecular Hbond substituents is 3. The number of fused-ring (bicyclic) bond motifs is 8. The Morgan fingerprint density at radius 1 is 0.579 bits per heavy atom. The zero-order valence-corrected chi connectivity index (χ0v) is 42.3. The summed E-state index contributed by atoms with van der Waals surface area (Å²) in [7, 11) is 0. The second kappa shape index (κ2) is 19.6. The predicted octanol–water partition coefficient (Wildman–Crippen LogP) is 10.8. The zero-order chi connectivity index (χ0) is 53.1. The number of phenols is 3. The number of hydrogen-bond acceptors (Lipinski definition) is 10. The van der Waals surface area contributed by atoms with Crippen LogP contribution in [0.2, 0.25) is 0 Å². The third kappa shape index (κ3) is 8.86. The maximum absolute atomic E-state index is 13.7. The summed E-state index contributed by atoms with van der Waals surface area (Å²) in [6.45, 7) is 4.75. The molecule has 4 aromatic heterocycles. The van der Waals surface area contributed by atoms with Crippen molar-refractivity contribution in [2.24, 2.45) is 0 Å². The highest BCUT2D eigenvalue weighted by atomic mass is 35.5. The Bertz CT molecular complexity index is 3750. The van der Waals surface area contributed by atoms with Crippen molar-refractivity contribution in [3.63, 3.8) is 0 Å². The second-order valence-corrected chi connectivity index (χ2v) is 19.5. The second-order valence-electron chi connectivity index (χ2n) is 18.9. The van der Waals surface area contributed by atoms with E-state index in [-0.39, 0.29) is 64.1 Å². The van der Waals surface area contributed by atoms with Crippen LogP contribution < -0.4 is 26.2 Å². The quantitative estimate of drug-likeness (QED) is 0.0624. The van der Waals surface area contributed by atoms with E-state index in [2.05, 4.69) is 20.6 Å². The normalized spacial score (nSPS) is 14.7. The van der Waals surface area contributed by atoms with Gasteiger partial charge in [-0.05, 0) is 120 Å². The molecule has 6 aromatic carbocycles. The van der Waals surface area contributed by atoms with Crippen molar-refractivity contribution < 1.29 is 34.5 Å². The molecular formula is C58H47Cl2N9O7. The fourth-order valence-electron chi connectivity index (χ4n) is 10.3. The molecule has 76 heavy (non-hydrogen) atoms. The molecule has 0 spiro atoms. The lowest BCUT2D eigenvalue weighted by Gasteiger charge is -2.17. The number of amides is 4. The molecule has 0 aliphatic carbocycles. The summed E-state index contributed by atoms with van der Waals surface area (Å²) < 4.78 is 3.38. The van der Waals surface area contributed by atoms with Crippen molar-refractivity contribution in [3.05, 3.63) is 191 Å². The number of carbonyl (C=O) groups excluding carboxylic acids is 4. The van der Waals surface area contributed by atoms with Crippen molar-refractivity contribution in [1.29, 1.82) is 0 Å². The van der Waals surface area contributed by atoms with E-state index in [0.29, 0.717) is 75.7 Å². The van der Waals surface area contributed by atoms with Gasteiger partial charge in [-0.2, -0.15) is 0 Å². The summed E-state index contributed by atoms with van der Waals surface area (Å²) in [6.07, 6.45) is 6.64. The Balaban J connectivity index is 0.000000162. The molecule has 10 aromatic rings. The first-order chi connectivity index (χ1) is 36.7. The number of halogens is 2. The lowest BCUT2D eigenvalue weighted by atomic mass is 9.92. The maximum Gasteiger partial charge on any atom is 0.278 e. The van der Waals surface area contributed by atoms with Crippen LogP contribution in [0.5, 0.6) is 17.2 Å². The first-order valence-electron chi connectivity index (χ1n) is 24.2. The molecule has 7 N–H and O–H groups in total. The zero-order valence-electron chi connectivity index (χ0n) is 40.8. The number of aromatic nitrogens is 4. The highest BCUT2D eigenvalue weighted by molar-refractivity contribution is 6.20. The molecule has 12 rings (SSSR count). The number of anilines is 5. The first kappa shape index (κ1) is 49.1. The van der Waals surface area contributed by atoms with Crippen molar-refractivity contribution in [3.8, 4) is 17.2 Å². The van der Waals surface area contributed by atoms with Gasteiger partial charge in [0, 0.05) is 101 Å². The molecule has 0 bridgehead atoms. The molecule has 16 nitrogen and oxygen atoms in total. The van der Waals surface area contributed by atoms with Crippen molar-refractivity contribution in [2.75, 3.05) is 51.0 Å². The Labute approximate surface area is 444 Å². The summed E-state index contributed by atoms with van der Waals surface area (Å²) in [5, 5.41) is 40.0. The van der Waals surface area contributed by atoms with Crippen LogP contribution in [0.4, 0.5) is 28.4 Å². The number of hydrogen-bond donors (Lipinski definition) is 6. The average molecular weight is 1050 g/mol. The van der Waals surface area contributed by atoms with Crippen LogP contribution in [-0.4, -0.2) is 82.6 Å². The van der Waals surface area contributed by atoms with Crippen molar-refractivity contribution in [1.82, 2.24) is 18.8 Å². The fourth-order valence-corrected chi connectivity index (χ4v) is 10.8. The number of benzene rings is 6. The highest BCUT2D eigenvalue weighted by Gasteiger charge is 2.38. The Kier molecular flexibility index (Phi) is 12.7. The van der Waals surface area contributed by atoms with Crippen LogP contribution in [0.15, 0.2) is 146 Å². The number of nitrogens with one attached hydrogen (secondary N) is 2. The van der Waals surface area contributed by atoms with Crippen LogP contribution >= 0.6 is 23.2 Å². The van der Waals surface area contributed by atoms with E-state index in [1.54, 1.807) is 104 Å². The average Bonchev–Trinajstić information content (AvgIpc) is 4.22. The van der Waals surface area contributed by atoms with Gasteiger partial charge in [-0.3, -0.25) is 19.2 Å². The van der Waals surface area contributed by atoms with E-state index in [4.69, 9.17) is 28.9 Å². The number of imidazole rings is 2. The molecule has 0 saturated heterocycles. The van der Waals surface area contributed by atoms with Gasteiger partial charge < -0.3 is 50.3 Å². The van der Waals surface area contributed by atoms with Gasteiger partial charge in [-0.1, -0.05) is 36.4 Å². The molecular weight excluding hydrogens is 1010 g/mol. The van der Waals surface area contributed by atoms with Crippen LogP contribution in [0.25, 0.3) is 32.8 Å². The van der Waals surface area contributed by atoms with E-state index in [1.807, 2.05) is 50.2 Å². The van der Waals surface area contributed by atoms with Crippen LogP contribution in [0, 0.1) is 13.8 Å². The molecule has 0 fully saturated rings. The number of pyridine rings is 2. The number of nitrogens with two attached hydrogens (primary N) is 1. The van der Waals surface area contributed by atoms with Gasteiger partial charge in [-0.15, -0.1) is 23.2 Å². The molecule has 2 aliphatic heterocycles. The summed E-state index contributed by atoms with van der Waals surface area (Å²) in [5.41, 5.74) is 15.1. The topological polar surface area (TPSA) is 220 Å². The number of carbonyl (C=O) groups is 4. The Morgan fingerprint density at radius 2 is 1.00 bits per heavy atom. The van der Waals surface area contributed by atoms with E-state index in [0.717, 1.165) is 43.8 Å². The molecule has 380 valence electrons. The van der Waals surface area contributed by atoms with E-state index in [9.17, 15) is 34.5 Å². The smallest absolute Gasteiger partial charge is 0.278 e. The molecule has 0 unspecified atom stereocenters. The molecule has 2 atom stereocenters. The van der Waals surface area contributed by atoms with Gasteiger partial charge in [0.1, 0.15) is 39.9 Å². The first-order valence-corrected chi connectivity index (χ1v) is 25.3. The predicted molar refractivity (Wildman–Crippen MR) is 296 cm³/mol. The lowest BCUT2D eigenvalue weighted by Crippen LogP contribution is -2.30. The summed E-state index contributed by atoms with van der Waals surface area (Å²) in [6, 6.07) is 34.3. The molecule has 0 radical (unpaired) electrons. The van der Waals surface area contributed by atoms with Crippen molar-refractivity contribution in [2.45, 2.75) is 25.7 Å². The highest BCUT2D eigenvalue weighted by Crippen LogP contribution is 2.48. The van der Waals surface area contributed by atoms with Gasteiger partial charge >= 0.3 is 0 Å². The van der Waals surface area contributed by atoms with E-state index < -0.39 is 0 Å². The summed E-state index contributed by atoms with van der Waals surface area (Å²) in [4.78, 5) is 64.8. The Hall–Kier alpha value is -9.12. The van der Waals surface area contributed by atoms with Gasteiger partial charge in [0.15, 0.2) is 0 Å². The minimum absolute atomic E-state index is 0.0769. The fraction of sp³-hybridized carbons (Fsp3) is 0.138. The number of nitrogen functional groups attached to an aromatic ring is 1. The van der Waals surface area contributed by atoms with Crippen molar-refractivity contribution >= 4 is 108 Å². The van der Waals surface area contributed by atoms with Gasteiger partial charge in [0.05, 0.1) is 22.7 Å². The molecule has 2 aliphatic rings. The van der Waals surface area contributed by atoms with Crippen LogP contribution in [0.3, 0.4) is 0 Å². The molecule has 0 saturated carbocycles.